The fourth-order valence-electron chi connectivity index (χ4n) is 3.03. The van der Waals surface area contributed by atoms with Crippen LogP contribution in [0.3, 0.4) is 0 Å². The van der Waals surface area contributed by atoms with Crippen molar-refractivity contribution in [1.29, 1.82) is 0 Å². The summed E-state index contributed by atoms with van der Waals surface area (Å²) in [5.74, 6) is 0.401. The van der Waals surface area contributed by atoms with Crippen LogP contribution in [-0.4, -0.2) is 11.7 Å². The van der Waals surface area contributed by atoms with Gasteiger partial charge in [0.15, 0.2) is 0 Å². The van der Waals surface area contributed by atoms with Gasteiger partial charge in [-0.25, -0.2) is 4.99 Å². The minimum absolute atomic E-state index is 0.175. The Bertz CT molecular complexity index is 1100. The highest BCUT2D eigenvalue weighted by Gasteiger charge is 2.32. The van der Waals surface area contributed by atoms with Crippen LogP contribution in [0.2, 0.25) is 10.0 Å². The van der Waals surface area contributed by atoms with E-state index in [4.69, 9.17) is 23.2 Å². The van der Waals surface area contributed by atoms with Gasteiger partial charge in [-0.15, -0.1) is 0 Å². The van der Waals surface area contributed by atoms with Crippen molar-refractivity contribution in [2.75, 3.05) is 4.90 Å². The number of halogens is 2. The summed E-state index contributed by atoms with van der Waals surface area (Å²) in [5.41, 5.74) is 3.89. The highest BCUT2D eigenvalue weighted by molar-refractivity contribution is 6.34. The summed E-state index contributed by atoms with van der Waals surface area (Å²) >= 11 is 12.0. The zero-order chi connectivity index (χ0) is 19.7. The maximum atomic E-state index is 13.2. The molecule has 0 bridgehead atoms. The summed E-state index contributed by atoms with van der Waals surface area (Å²) in [4.78, 5) is 19.5. The van der Waals surface area contributed by atoms with Gasteiger partial charge in [0, 0.05) is 15.6 Å². The highest BCUT2D eigenvalue weighted by atomic mass is 35.5. The summed E-state index contributed by atoms with van der Waals surface area (Å²) in [6.07, 6.45) is 1.77. The largest absolute Gasteiger partial charge is 0.282 e. The van der Waals surface area contributed by atoms with Gasteiger partial charge in [-0.2, -0.15) is 0 Å². The maximum Gasteiger partial charge on any atom is 0.282 e. The lowest BCUT2D eigenvalue weighted by Crippen LogP contribution is -2.32. The van der Waals surface area contributed by atoms with Crippen LogP contribution in [0.4, 0.5) is 5.69 Å². The number of carbonyl (C=O) groups excluding carboxylic acids is 1. The Kier molecular flexibility index (Phi) is 5.03. The van der Waals surface area contributed by atoms with Crippen molar-refractivity contribution >= 4 is 46.7 Å². The van der Waals surface area contributed by atoms with Crippen molar-refractivity contribution in [3.63, 3.8) is 0 Å². The zero-order valence-corrected chi connectivity index (χ0v) is 16.6. The van der Waals surface area contributed by atoms with Crippen LogP contribution >= 0.6 is 23.2 Å². The number of rotatable bonds is 3. The number of hydrogen-bond acceptors (Lipinski definition) is 2. The second-order valence-corrected chi connectivity index (χ2v) is 7.38. The summed E-state index contributed by atoms with van der Waals surface area (Å²) in [6, 6.07) is 22.4. The molecule has 0 aromatic heterocycles. The molecular weight excluding hydrogens is 391 g/mol. The molecule has 0 atom stereocenters. The predicted molar refractivity (Wildman–Crippen MR) is 116 cm³/mol. The number of aryl methyl sites for hydroxylation is 1. The minimum atomic E-state index is -0.175. The van der Waals surface area contributed by atoms with E-state index in [9.17, 15) is 4.79 Å². The van der Waals surface area contributed by atoms with Crippen LogP contribution in [0.25, 0.3) is 6.08 Å². The zero-order valence-electron chi connectivity index (χ0n) is 15.1. The van der Waals surface area contributed by atoms with Crippen LogP contribution in [0.1, 0.15) is 16.7 Å². The van der Waals surface area contributed by atoms with Gasteiger partial charge >= 0.3 is 0 Å². The van der Waals surface area contributed by atoms with Gasteiger partial charge < -0.3 is 0 Å². The van der Waals surface area contributed by atoms with Crippen molar-refractivity contribution in [3.8, 4) is 0 Å². The average Bonchev–Trinajstić information content (AvgIpc) is 3.00. The number of amides is 1. The Morgan fingerprint density at radius 3 is 2.18 bits per heavy atom. The second kappa shape index (κ2) is 7.63. The molecule has 1 amide bonds. The first-order chi connectivity index (χ1) is 13.5. The third kappa shape index (κ3) is 3.72. The third-order valence-corrected chi connectivity index (χ3v) is 4.90. The number of nitrogens with zero attached hydrogens (tertiary/aromatic N) is 2. The smallest absolute Gasteiger partial charge is 0.266 e. The molecule has 0 saturated carbocycles. The molecule has 1 aliphatic rings. The van der Waals surface area contributed by atoms with Crippen molar-refractivity contribution in [2.45, 2.75) is 6.92 Å². The fourth-order valence-corrected chi connectivity index (χ4v) is 3.28. The van der Waals surface area contributed by atoms with Crippen LogP contribution in [0.5, 0.6) is 0 Å². The molecule has 4 rings (SSSR count). The molecule has 0 unspecified atom stereocenters. The topological polar surface area (TPSA) is 32.7 Å². The Hall–Kier alpha value is -2.88. The quantitative estimate of drug-likeness (QED) is 0.481. The highest BCUT2D eigenvalue weighted by Crippen LogP contribution is 2.29. The molecule has 1 heterocycles. The number of carbonyl (C=O) groups is 1. The first-order valence-corrected chi connectivity index (χ1v) is 9.50. The normalized spacial score (nSPS) is 15.2. The molecule has 3 nitrogen and oxygen atoms in total. The molecule has 1 aliphatic heterocycles. The lowest BCUT2D eigenvalue weighted by Gasteiger charge is -2.19. The van der Waals surface area contributed by atoms with Gasteiger partial charge in [0.25, 0.3) is 5.91 Å². The molecule has 3 aromatic carbocycles. The molecular formula is C23H16Cl2N2O. The standard InChI is InChI=1S/C23H16Cl2N2O/c1-15-3-2-4-20(13-15)27-22(17-7-11-19(25)12-8-17)26-21(23(27)28)14-16-5-9-18(24)10-6-16/h2-14H,1H3/b21-14+. The average molecular weight is 407 g/mol. The second-order valence-electron chi connectivity index (χ2n) is 6.50. The Labute approximate surface area is 173 Å². The summed E-state index contributed by atoms with van der Waals surface area (Å²) in [6.45, 7) is 1.99. The van der Waals surface area contributed by atoms with Crippen LogP contribution in [0.15, 0.2) is 83.5 Å². The van der Waals surface area contributed by atoms with Crippen LogP contribution in [0, 0.1) is 6.92 Å². The Balaban J connectivity index is 1.82. The van der Waals surface area contributed by atoms with E-state index in [-0.39, 0.29) is 5.91 Å². The Morgan fingerprint density at radius 2 is 1.54 bits per heavy atom. The van der Waals surface area contributed by atoms with E-state index in [0.717, 1.165) is 22.4 Å². The molecule has 0 radical (unpaired) electrons. The molecule has 0 spiro atoms. The molecule has 0 N–H and O–H groups in total. The van der Waals surface area contributed by atoms with Gasteiger partial charge in [0.05, 0.1) is 5.69 Å². The van der Waals surface area contributed by atoms with E-state index >= 15 is 0 Å². The van der Waals surface area contributed by atoms with Gasteiger partial charge in [-0.05, 0) is 72.7 Å². The predicted octanol–water partition coefficient (Wildman–Crippen LogP) is 6.14. The molecule has 28 heavy (non-hydrogen) atoms. The van der Waals surface area contributed by atoms with Crippen molar-refractivity contribution < 1.29 is 4.79 Å². The number of benzene rings is 3. The lowest BCUT2D eigenvalue weighted by atomic mass is 10.1. The molecule has 3 aromatic rings. The first-order valence-electron chi connectivity index (χ1n) is 8.74. The lowest BCUT2D eigenvalue weighted by molar-refractivity contribution is -0.113. The van der Waals surface area contributed by atoms with E-state index in [1.165, 1.54) is 0 Å². The molecule has 0 aliphatic carbocycles. The van der Waals surface area contributed by atoms with Crippen LogP contribution < -0.4 is 4.90 Å². The summed E-state index contributed by atoms with van der Waals surface area (Å²) in [5, 5.41) is 1.28. The first kappa shape index (κ1) is 18.5. The van der Waals surface area contributed by atoms with E-state index in [1.807, 2.05) is 55.5 Å². The monoisotopic (exact) mass is 406 g/mol. The van der Waals surface area contributed by atoms with E-state index in [2.05, 4.69) is 4.99 Å². The SMILES string of the molecule is Cc1cccc(N2C(=O)/C(=C\c3ccc(Cl)cc3)N=C2c2ccc(Cl)cc2)c1. The molecule has 0 saturated heterocycles. The van der Waals surface area contributed by atoms with Crippen molar-refractivity contribution in [2.24, 2.45) is 4.99 Å². The fraction of sp³-hybridized carbons (Fsp3) is 0.0435. The molecule has 5 heteroatoms. The third-order valence-electron chi connectivity index (χ3n) is 4.40. The van der Waals surface area contributed by atoms with E-state index in [1.54, 1.807) is 35.2 Å². The van der Waals surface area contributed by atoms with Gasteiger partial charge in [0.1, 0.15) is 11.5 Å². The number of anilines is 1. The van der Waals surface area contributed by atoms with Crippen molar-refractivity contribution in [3.05, 3.63) is 105 Å². The summed E-state index contributed by atoms with van der Waals surface area (Å²) < 4.78 is 0. The van der Waals surface area contributed by atoms with Gasteiger partial charge in [0.2, 0.25) is 0 Å². The number of aliphatic imine (C=N–C) groups is 1. The minimum Gasteiger partial charge on any atom is -0.266 e. The molecule has 0 fully saturated rings. The van der Waals surface area contributed by atoms with Gasteiger partial charge in [-0.3, -0.25) is 9.69 Å². The Morgan fingerprint density at radius 1 is 0.893 bits per heavy atom. The van der Waals surface area contributed by atoms with Gasteiger partial charge in [-0.1, -0.05) is 47.5 Å². The van der Waals surface area contributed by atoms with Crippen molar-refractivity contribution in [1.82, 2.24) is 0 Å². The number of hydrogen-bond donors (Lipinski definition) is 0. The van der Waals surface area contributed by atoms with E-state index < -0.39 is 0 Å². The maximum absolute atomic E-state index is 13.2. The van der Waals surface area contributed by atoms with Crippen LogP contribution in [-0.2, 0) is 4.79 Å². The number of amidine groups is 1. The van der Waals surface area contributed by atoms with E-state index in [0.29, 0.717) is 21.6 Å². The summed E-state index contributed by atoms with van der Waals surface area (Å²) in [7, 11) is 0. The molecule has 138 valence electrons.